The Hall–Kier alpha value is -3.33. The van der Waals surface area contributed by atoms with Gasteiger partial charge in [0.15, 0.2) is 5.69 Å². The maximum absolute atomic E-state index is 13.8. The van der Waals surface area contributed by atoms with Crippen LogP contribution in [0.15, 0.2) is 54.7 Å². The summed E-state index contributed by atoms with van der Waals surface area (Å²) in [6.45, 7) is -0.0185. The molecule has 0 radical (unpaired) electrons. The number of hydrogen-bond acceptors (Lipinski definition) is 3. The number of benzene rings is 2. The highest BCUT2D eigenvalue weighted by atomic mass is 35.5. The highest BCUT2D eigenvalue weighted by molar-refractivity contribution is 6.30. The van der Waals surface area contributed by atoms with Gasteiger partial charge in [-0.25, -0.2) is 4.68 Å². The zero-order valence-electron chi connectivity index (χ0n) is 16.6. The second-order valence-electron chi connectivity index (χ2n) is 7.44. The molecule has 1 saturated carbocycles. The van der Waals surface area contributed by atoms with Crippen LogP contribution in [-0.4, -0.2) is 21.6 Å². The van der Waals surface area contributed by atoms with Gasteiger partial charge in [-0.1, -0.05) is 23.7 Å². The highest BCUT2D eigenvalue weighted by Crippen LogP contribution is 2.34. The van der Waals surface area contributed by atoms with Crippen LogP contribution in [0.1, 0.15) is 34.5 Å². The third-order valence-electron chi connectivity index (χ3n) is 4.95. The standard InChI is InChI=1S/C22H18ClF3N4O2/c23-15-6-8-17(9-7-15)30-19(22(24,25)26)18(12-28-30)21(32)27-11-13-2-1-3-16(10-13)29-20(31)14-4-5-14/h1-3,6-10,12,14H,4-5,11H2,(H,27,32)(H,29,31). The predicted molar refractivity (Wildman–Crippen MR) is 113 cm³/mol. The van der Waals surface area contributed by atoms with Crippen LogP contribution in [0.3, 0.4) is 0 Å². The Labute approximate surface area is 186 Å². The SMILES string of the molecule is O=C(NCc1cccc(NC(=O)C2CC2)c1)c1cnn(-c2ccc(Cl)cc2)c1C(F)(F)F. The highest BCUT2D eigenvalue weighted by Gasteiger charge is 2.40. The molecule has 2 amide bonds. The van der Waals surface area contributed by atoms with Crippen molar-refractivity contribution in [3.63, 3.8) is 0 Å². The van der Waals surface area contributed by atoms with Crippen LogP contribution < -0.4 is 10.6 Å². The Bertz CT molecular complexity index is 1150. The van der Waals surface area contributed by atoms with Gasteiger partial charge in [0.2, 0.25) is 5.91 Å². The van der Waals surface area contributed by atoms with Crippen molar-refractivity contribution in [2.45, 2.75) is 25.6 Å². The third kappa shape index (κ3) is 4.94. The first-order chi connectivity index (χ1) is 15.2. The number of nitrogens with zero attached hydrogens (tertiary/aromatic N) is 2. The maximum atomic E-state index is 13.8. The first-order valence-corrected chi connectivity index (χ1v) is 10.2. The van der Waals surface area contributed by atoms with Crippen molar-refractivity contribution in [1.29, 1.82) is 0 Å². The summed E-state index contributed by atoms with van der Waals surface area (Å²) in [6, 6.07) is 12.4. The summed E-state index contributed by atoms with van der Waals surface area (Å²) in [5.41, 5.74) is -0.445. The number of nitrogens with one attached hydrogen (secondary N) is 2. The first kappa shape index (κ1) is 21.9. The molecule has 10 heteroatoms. The fourth-order valence-corrected chi connectivity index (χ4v) is 3.32. The van der Waals surface area contributed by atoms with Crippen LogP contribution in [-0.2, 0) is 17.5 Å². The molecule has 1 heterocycles. The van der Waals surface area contributed by atoms with E-state index in [9.17, 15) is 22.8 Å². The monoisotopic (exact) mass is 462 g/mol. The predicted octanol–water partition coefficient (Wildman–Crippen LogP) is 4.82. The molecule has 2 aromatic carbocycles. The molecule has 0 atom stereocenters. The van der Waals surface area contributed by atoms with Gasteiger partial charge in [-0.05, 0) is 54.8 Å². The van der Waals surface area contributed by atoms with E-state index in [-0.39, 0.29) is 24.1 Å². The van der Waals surface area contributed by atoms with Crippen molar-refractivity contribution in [2.24, 2.45) is 5.92 Å². The minimum atomic E-state index is -4.81. The zero-order chi connectivity index (χ0) is 22.9. The number of anilines is 1. The topological polar surface area (TPSA) is 76.0 Å². The van der Waals surface area contributed by atoms with Gasteiger partial charge >= 0.3 is 6.18 Å². The van der Waals surface area contributed by atoms with E-state index >= 15 is 0 Å². The fourth-order valence-electron chi connectivity index (χ4n) is 3.19. The van der Waals surface area contributed by atoms with Gasteiger partial charge in [-0.15, -0.1) is 0 Å². The van der Waals surface area contributed by atoms with E-state index in [4.69, 9.17) is 11.6 Å². The van der Waals surface area contributed by atoms with Gasteiger partial charge in [0.25, 0.3) is 5.91 Å². The molecule has 0 spiro atoms. The van der Waals surface area contributed by atoms with E-state index in [1.165, 1.54) is 24.3 Å². The van der Waals surface area contributed by atoms with Gasteiger partial charge in [0.1, 0.15) is 0 Å². The lowest BCUT2D eigenvalue weighted by molar-refractivity contribution is -0.143. The molecular formula is C22H18ClF3N4O2. The van der Waals surface area contributed by atoms with Crippen molar-refractivity contribution in [3.8, 4) is 5.69 Å². The largest absolute Gasteiger partial charge is 0.434 e. The second-order valence-corrected chi connectivity index (χ2v) is 7.88. The summed E-state index contributed by atoms with van der Waals surface area (Å²) >= 11 is 5.80. The van der Waals surface area contributed by atoms with Crippen molar-refractivity contribution in [2.75, 3.05) is 5.32 Å². The van der Waals surface area contributed by atoms with E-state index in [0.717, 1.165) is 19.0 Å². The van der Waals surface area contributed by atoms with E-state index < -0.39 is 23.3 Å². The number of aromatic nitrogens is 2. The van der Waals surface area contributed by atoms with E-state index in [0.29, 0.717) is 21.0 Å². The van der Waals surface area contributed by atoms with E-state index in [1.807, 2.05) is 0 Å². The molecule has 0 bridgehead atoms. The van der Waals surface area contributed by atoms with E-state index in [1.54, 1.807) is 24.3 Å². The molecule has 0 aliphatic heterocycles. The number of carbonyl (C=O) groups is 2. The lowest BCUT2D eigenvalue weighted by Crippen LogP contribution is -2.26. The number of rotatable bonds is 6. The minimum Gasteiger partial charge on any atom is -0.348 e. The van der Waals surface area contributed by atoms with Crippen molar-refractivity contribution < 1.29 is 22.8 Å². The molecule has 1 fully saturated rings. The molecule has 32 heavy (non-hydrogen) atoms. The summed E-state index contributed by atoms with van der Waals surface area (Å²) in [6.07, 6.45) is -2.19. The first-order valence-electron chi connectivity index (χ1n) is 9.81. The van der Waals surface area contributed by atoms with Crippen LogP contribution in [0, 0.1) is 5.92 Å². The number of hydrogen-bond donors (Lipinski definition) is 2. The van der Waals surface area contributed by atoms with Gasteiger partial charge < -0.3 is 10.6 Å². The van der Waals surface area contributed by atoms with Gasteiger partial charge in [0, 0.05) is 23.2 Å². The van der Waals surface area contributed by atoms with Crippen LogP contribution in [0.25, 0.3) is 5.69 Å². The van der Waals surface area contributed by atoms with Crippen LogP contribution in [0.4, 0.5) is 18.9 Å². The molecular weight excluding hydrogens is 445 g/mol. The normalized spacial score (nSPS) is 13.6. The Kier molecular flexibility index (Phi) is 5.92. The Morgan fingerprint density at radius 1 is 1.12 bits per heavy atom. The Balaban J connectivity index is 1.51. The smallest absolute Gasteiger partial charge is 0.348 e. The third-order valence-corrected chi connectivity index (χ3v) is 5.20. The van der Waals surface area contributed by atoms with Crippen LogP contribution >= 0.6 is 11.6 Å². The lowest BCUT2D eigenvalue weighted by Gasteiger charge is -2.13. The summed E-state index contributed by atoms with van der Waals surface area (Å²) in [7, 11) is 0. The summed E-state index contributed by atoms with van der Waals surface area (Å²) in [4.78, 5) is 24.5. The summed E-state index contributed by atoms with van der Waals surface area (Å²) in [5.74, 6) is -0.933. The summed E-state index contributed by atoms with van der Waals surface area (Å²) in [5, 5.41) is 9.42. The molecule has 3 aromatic rings. The number of carbonyl (C=O) groups excluding carboxylic acids is 2. The average molecular weight is 463 g/mol. The van der Waals surface area contributed by atoms with Crippen molar-refractivity contribution in [1.82, 2.24) is 15.1 Å². The molecule has 6 nitrogen and oxygen atoms in total. The molecule has 1 aliphatic carbocycles. The van der Waals surface area contributed by atoms with Gasteiger partial charge in [-0.2, -0.15) is 18.3 Å². The maximum Gasteiger partial charge on any atom is 0.434 e. The molecule has 2 N–H and O–H groups in total. The van der Waals surface area contributed by atoms with Crippen molar-refractivity contribution in [3.05, 3.63) is 76.6 Å². The molecule has 0 saturated heterocycles. The second kappa shape index (κ2) is 8.66. The molecule has 166 valence electrons. The fraction of sp³-hybridized carbons (Fsp3) is 0.227. The van der Waals surface area contributed by atoms with Crippen molar-refractivity contribution >= 4 is 29.1 Å². The van der Waals surface area contributed by atoms with Crippen LogP contribution in [0.2, 0.25) is 5.02 Å². The van der Waals surface area contributed by atoms with E-state index in [2.05, 4.69) is 15.7 Å². The molecule has 1 aromatic heterocycles. The minimum absolute atomic E-state index is 0.0185. The zero-order valence-corrected chi connectivity index (χ0v) is 17.4. The van der Waals surface area contributed by atoms with Gasteiger partial charge in [0.05, 0.1) is 17.4 Å². The van der Waals surface area contributed by atoms with Crippen LogP contribution in [0.5, 0.6) is 0 Å². The molecule has 0 unspecified atom stereocenters. The number of alkyl halides is 3. The quantitative estimate of drug-likeness (QED) is 0.551. The summed E-state index contributed by atoms with van der Waals surface area (Å²) < 4.78 is 42.0. The lowest BCUT2D eigenvalue weighted by atomic mass is 10.1. The molecule has 1 aliphatic rings. The Morgan fingerprint density at radius 3 is 2.50 bits per heavy atom. The number of amides is 2. The molecule has 4 rings (SSSR count). The average Bonchev–Trinajstić information content (AvgIpc) is 3.50. The van der Waals surface area contributed by atoms with Gasteiger partial charge in [-0.3, -0.25) is 9.59 Å². The number of halogens is 4. The Morgan fingerprint density at radius 2 is 1.84 bits per heavy atom.